The van der Waals surface area contributed by atoms with E-state index in [1.807, 2.05) is 39.0 Å². The van der Waals surface area contributed by atoms with E-state index in [0.717, 1.165) is 16.7 Å². The molecule has 0 saturated heterocycles. The maximum atomic E-state index is 14.5. The molecule has 0 aliphatic rings. The maximum absolute atomic E-state index is 14.5. The Morgan fingerprint density at radius 2 is 1.71 bits per heavy atom. The van der Waals surface area contributed by atoms with Crippen molar-refractivity contribution in [3.8, 4) is 0 Å². The third-order valence-corrected chi connectivity index (χ3v) is 3.97. The molecule has 2 rings (SSSR count). The summed E-state index contributed by atoms with van der Waals surface area (Å²) in [5, 5.41) is 3.21. The van der Waals surface area contributed by atoms with Crippen LogP contribution in [0.25, 0.3) is 0 Å². The molecule has 3 heteroatoms. The van der Waals surface area contributed by atoms with Crippen LogP contribution in [-0.2, 0) is 0 Å². The van der Waals surface area contributed by atoms with Crippen molar-refractivity contribution in [1.29, 1.82) is 0 Å². The van der Waals surface area contributed by atoms with Crippen molar-refractivity contribution < 1.29 is 8.78 Å². The number of hydrogen-bond donors (Lipinski definition) is 1. The zero-order valence-electron chi connectivity index (χ0n) is 12.9. The first-order chi connectivity index (χ1) is 9.97. The zero-order valence-corrected chi connectivity index (χ0v) is 12.9. The van der Waals surface area contributed by atoms with Gasteiger partial charge in [0.25, 0.3) is 0 Å². The second-order valence-corrected chi connectivity index (χ2v) is 5.37. The van der Waals surface area contributed by atoms with Crippen LogP contribution in [0.2, 0.25) is 0 Å². The molecule has 0 radical (unpaired) electrons. The van der Waals surface area contributed by atoms with Gasteiger partial charge in [0.05, 0.1) is 6.04 Å². The van der Waals surface area contributed by atoms with Gasteiger partial charge in [-0.25, -0.2) is 8.78 Å². The summed E-state index contributed by atoms with van der Waals surface area (Å²) in [6.07, 6.45) is 0. The normalized spacial score (nSPS) is 12.5. The van der Waals surface area contributed by atoms with Gasteiger partial charge >= 0.3 is 0 Å². The second-order valence-electron chi connectivity index (χ2n) is 5.37. The SMILES string of the molecule is CCNC(c1cccc(C)c1C)c1c(F)ccc(C)c1F. The number of nitrogens with one attached hydrogen (secondary N) is 1. The first-order valence-electron chi connectivity index (χ1n) is 7.21. The molecule has 0 spiro atoms. The lowest BCUT2D eigenvalue weighted by Crippen LogP contribution is -2.25. The van der Waals surface area contributed by atoms with Crippen LogP contribution >= 0.6 is 0 Å². The summed E-state index contributed by atoms with van der Waals surface area (Å²) in [7, 11) is 0. The van der Waals surface area contributed by atoms with Crippen molar-refractivity contribution >= 4 is 0 Å². The molecule has 112 valence electrons. The van der Waals surface area contributed by atoms with Gasteiger partial charge in [-0.3, -0.25) is 0 Å². The molecule has 0 fully saturated rings. The van der Waals surface area contributed by atoms with E-state index in [9.17, 15) is 8.78 Å². The summed E-state index contributed by atoms with van der Waals surface area (Å²) in [4.78, 5) is 0. The highest BCUT2D eigenvalue weighted by molar-refractivity contribution is 5.42. The second kappa shape index (κ2) is 6.35. The van der Waals surface area contributed by atoms with E-state index in [2.05, 4.69) is 5.32 Å². The molecule has 0 aliphatic carbocycles. The van der Waals surface area contributed by atoms with Crippen LogP contribution in [0.15, 0.2) is 30.3 Å². The number of benzene rings is 2. The lowest BCUT2D eigenvalue weighted by atomic mass is 9.91. The van der Waals surface area contributed by atoms with Gasteiger partial charge in [0.15, 0.2) is 0 Å². The van der Waals surface area contributed by atoms with Crippen LogP contribution in [0.5, 0.6) is 0 Å². The van der Waals surface area contributed by atoms with Crippen molar-refractivity contribution in [2.45, 2.75) is 33.7 Å². The van der Waals surface area contributed by atoms with E-state index in [-0.39, 0.29) is 5.56 Å². The van der Waals surface area contributed by atoms with Crippen LogP contribution in [0.1, 0.15) is 40.8 Å². The van der Waals surface area contributed by atoms with Crippen LogP contribution in [0.4, 0.5) is 8.78 Å². The Hall–Kier alpha value is -1.74. The molecule has 1 unspecified atom stereocenters. The Bertz CT molecular complexity index is 650. The molecular formula is C18H21F2N. The summed E-state index contributed by atoms with van der Waals surface area (Å²) in [5.74, 6) is -0.980. The molecule has 0 aliphatic heterocycles. The minimum atomic E-state index is -0.509. The van der Waals surface area contributed by atoms with Gasteiger partial charge in [0.1, 0.15) is 11.6 Å². The van der Waals surface area contributed by atoms with E-state index in [0.29, 0.717) is 12.1 Å². The standard InChI is InChI=1S/C18H21F2N/c1-5-21-18(14-8-6-7-11(2)13(14)4)16-15(19)10-9-12(3)17(16)20/h6-10,18,21H,5H2,1-4H3. The number of hydrogen-bond acceptors (Lipinski definition) is 1. The van der Waals surface area contributed by atoms with Gasteiger partial charge in [-0.15, -0.1) is 0 Å². The molecule has 2 aromatic carbocycles. The first kappa shape index (κ1) is 15.6. The Balaban J connectivity index is 2.65. The average molecular weight is 289 g/mol. The number of rotatable bonds is 4. The summed E-state index contributed by atoms with van der Waals surface area (Å²) < 4.78 is 28.7. The molecule has 2 aromatic rings. The molecule has 1 atom stereocenters. The van der Waals surface area contributed by atoms with Crippen LogP contribution in [0.3, 0.4) is 0 Å². The van der Waals surface area contributed by atoms with Crippen molar-refractivity contribution in [2.75, 3.05) is 6.54 Å². The van der Waals surface area contributed by atoms with Crippen LogP contribution in [0, 0.1) is 32.4 Å². The third kappa shape index (κ3) is 2.98. The van der Waals surface area contributed by atoms with E-state index in [1.54, 1.807) is 6.92 Å². The Kier molecular flexibility index (Phi) is 4.73. The fourth-order valence-electron chi connectivity index (χ4n) is 2.60. The average Bonchev–Trinajstić information content (AvgIpc) is 2.45. The molecule has 0 saturated carbocycles. The largest absolute Gasteiger partial charge is 0.306 e. The summed E-state index contributed by atoms with van der Waals surface area (Å²) >= 11 is 0. The van der Waals surface area contributed by atoms with E-state index >= 15 is 0 Å². The summed E-state index contributed by atoms with van der Waals surface area (Å²) in [5.41, 5.74) is 3.65. The summed E-state index contributed by atoms with van der Waals surface area (Å²) in [6.45, 7) is 8.21. The van der Waals surface area contributed by atoms with Crippen molar-refractivity contribution in [2.24, 2.45) is 0 Å². The van der Waals surface area contributed by atoms with E-state index in [4.69, 9.17) is 0 Å². The highest BCUT2D eigenvalue weighted by Gasteiger charge is 2.24. The molecule has 1 nitrogen and oxygen atoms in total. The number of aryl methyl sites for hydroxylation is 2. The van der Waals surface area contributed by atoms with Crippen molar-refractivity contribution in [3.63, 3.8) is 0 Å². The number of halogens is 2. The smallest absolute Gasteiger partial charge is 0.134 e. The molecule has 0 bridgehead atoms. The quantitative estimate of drug-likeness (QED) is 0.868. The fourth-order valence-corrected chi connectivity index (χ4v) is 2.60. The van der Waals surface area contributed by atoms with Gasteiger partial charge in [-0.1, -0.05) is 31.2 Å². The van der Waals surface area contributed by atoms with Crippen LogP contribution < -0.4 is 5.32 Å². The topological polar surface area (TPSA) is 12.0 Å². The van der Waals surface area contributed by atoms with Gasteiger partial charge in [-0.05, 0) is 55.6 Å². The summed E-state index contributed by atoms with van der Waals surface area (Å²) in [6, 6.07) is 8.19. The van der Waals surface area contributed by atoms with Crippen molar-refractivity contribution in [1.82, 2.24) is 5.32 Å². The predicted molar refractivity (Wildman–Crippen MR) is 82.5 cm³/mol. The highest BCUT2D eigenvalue weighted by atomic mass is 19.1. The Labute approximate surface area is 125 Å². The monoisotopic (exact) mass is 289 g/mol. The minimum Gasteiger partial charge on any atom is -0.306 e. The first-order valence-corrected chi connectivity index (χ1v) is 7.21. The lowest BCUT2D eigenvalue weighted by Gasteiger charge is -2.23. The molecule has 0 heterocycles. The Morgan fingerprint density at radius 3 is 2.38 bits per heavy atom. The van der Waals surface area contributed by atoms with Crippen molar-refractivity contribution in [3.05, 3.63) is 69.8 Å². The van der Waals surface area contributed by atoms with Gasteiger partial charge in [0, 0.05) is 5.56 Å². The van der Waals surface area contributed by atoms with Crippen LogP contribution in [-0.4, -0.2) is 6.54 Å². The minimum absolute atomic E-state index is 0.102. The molecule has 21 heavy (non-hydrogen) atoms. The van der Waals surface area contributed by atoms with Gasteiger partial charge in [0.2, 0.25) is 0 Å². The van der Waals surface area contributed by atoms with Gasteiger partial charge in [-0.2, -0.15) is 0 Å². The Morgan fingerprint density at radius 1 is 1.00 bits per heavy atom. The lowest BCUT2D eigenvalue weighted by molar-refractivity contribution is 0.505. The van der Waals surface area contributed by atoms with E-state index in [1.165, 1.54) is 12.1 Å². The molecular weight excluding hydrogens is 268 g/mol. The molecule has 0 amide bonds. The predicted octanol–water partition coefficient (Wildman–Crippen LogP) is 4.59. The van der Waals surface area contributed by atoms with Gasteiger partial charge < -0.3 is 5.32 Å². The third-order valence-electron chi connectivity index (χ3n) is 3.97. The van der Waals surface area contributed by atoms with E-state index < -0.39 is 17.7 Å². The zero-order chi connectivity index (χ0) is 15.6. The molecule has 0 aromatic heterocycles. The highest BCUT2D eigenvalue weighted by Crippen LogP contribution is 2.31. The molecule has 1 N–H and O–H groups in total. The maximum Gasteiger partial charge on any atom is 0.134 e. The fraction of sp³-hybridized carbons (Fsp3) is 0.333.